The molecular formula is C25H34N2O4S. The average Bonchev–Trinajstić information content (AvgIpc) is 3.31. The van der Waals surface area contributed by atoms with E-state index in [1.165, 1.54) is 4.90 Å². The number of carboxylic acids is 1. The van der Waals surface area contributed by atoms with Gasteiger partial charge in [0.15, 0.2) is 0 Å². The minimum atomic E-state index is -1.10. The van der Waals surface area contributed by atoms with Crippen molar-refractivity contribution in [3.63, 3.8) is 0 Å². The molecule has 174 valence electrons. The lowest BCUT2D eigenvalue weighted by Gasteiger charge is -2.34. The molecule has 7 heteroatoms. The SMILES string of the molecule is CCN1CC[C@H](N(c2cc(C#CC(C)(C)C)sc2C(=O)O)C(=O)[C@H]2CC[C@H](C)CC2)C1=O. The standard InChI is InChI=1S/C25H34N2O4S/c1-6-26-14-12-19(23(26)29)27(22(28)17-9-7-16(2)8-10-17)20-15-18(11-13-25(3,4)5)32-21(20)24(30)31/h15-17,19H,6-10,12,14H2,1-5H3,(H,30,31)/t16-,17-,19-/m0/s1. The van der Waals surface area contributed by atoms with Crippen LogP contribution in [0.3, 0.4) is 0 Å². The largest absolute Gasteiger partial charge is 0.477 e. The van der Waals surface area contributed by atoms with Gasteiger partial charge < -0.3 is 10.0 Å². The first kappa shape index (κ1) is 24.3. The zero-order valence-electron chi connectivity index (χ0n) is 19.7. The second-order valence-corrected chi connectivity index (χ2v) is 11.1. The summed E-state index contributed by atoms with van der Waals surface area (Å²) in [4.78, 5) is 42.9. The Morgan fingerprint density at radius 1 is 1.22 bits per heavy atom. The summed E-state index contributed by atoms with van der Waals surface area (Å²) in [6.45, 7) is 11.2. The van der Waals surface area contributed by atoms with Gasteiger partial charge in [-0.2, -0.15) is 0 Å². The summed E-state index contributed by atoms with van der Waals surface area (Å²) in [6.07, 6.45) is 4.01. The molecule has 2 fully saturated rings. The molecule has 2 heterocycles. The van der Waals surface area contributed by atoms with Crippen molar-refractivity contribution in [3.05, 3.63) is 15.8 Å². The number of anilines is 1. The number of likely N-dealkylation sites (N-methyl/N-ethyl adjacent to an activating group) is 1. The molecule has 1 saturated carbocycles. The zero-order chi connectivity index (χ0) is 23.6. The van der Waals surface area contributed by atoms with Crippen molar-refractivity contribution in [2.45, 2.75) is 72.8 Å². The van der Waals surface area contributed by atoms with Crippen molar-refractivity contribution in [2.75, 3.05) is 18.0 Å². The summed E-state index contributed by atoms with van der Waals surface area (Å²) in [6, 6.07) is 1.04. The summed E-state index contributed by atoms with van der Waals surface area (Å²) in [5, 5.41) is 9.92. The van der Waals surface area contributed by atoms with Crippen molar-refractivity contribution in [3.8, 4) is 11.8 Å². The molecular weight excluding hydrogens is 424 g/mol. The van der Waals surface area contributed by atoms with Gasteiger partial charge in [-0.15, -0.1) is 11.3 Å². The van der Waals surface area contributed by atoms with E-state index in [9.17, 15) is 19.5 Å². The molecule has 0 aromatic carbocycles. The molecule has 1 aliphatic heterocycles. The highest BCUT2D eigenvalue weighted by Gasteiger charge is 2.42. The maximum atomic E-state index is 13.8. The van der Waals surface area contributed by atoms with Gasteiger partial charge >= 0.3 is 5.97 Å². The first-order valence-electron chi connectivity index (χ1n) is 11.5. The van der Waals surface area contributed by atoms with Crippen LogP contribution in [0.15, 0.2) is 6.07 Å². The van der Waals surface area contributed by atoms with Gasteiger partial charge in [-0.25, -0.2) is 4.79 Å². The number of carboxylic acid groups (broad SMARTS) is 1. The molecule has 0 unspecified atom stereocenters. The van der Waals surface area contributed by atoms with E-state index in [1.54, 1.807) is 11.0 Å². The Morgan fingerprint density at radius 3 is 2.41 bits per heavy atom. The lowest BCUT2D eigenvalue weighted by Crippen LogP contribution is -2.48. The van der Waals surface area contributed by atoms with Crippen LogP contribution in [0.25, 0.3) is 0 Å². The van der Waals surface area contributed by atoms with Crippen molar-refractivity contribution >= 4 is 34.8 Å². The molecule has 1 atom stereocenters. The van der Waals surface area contributed by atoms with E-state index in [0.29, 0.717) is 36.0 Å². The first-order valence-corrected chi connectivity index (χ1v) is 12.4. The van der Waals surface area contributed by atoms with Gasteiger partial charge in [-0.05, 0) is 71.8 Å². The highest BCUT2D eigenvalue weighted by Crippen LogP contribution is 2.38. The van der Waals surface area contributed by atoms with Crippen LogP contribution in [0, 0.1) is 29.1 Å². The van der Waals surface area contributed by atoms with Gasteiger partial charge in [0.2, 0.25) is 11.8 Å². The van der Waals surface area contributed by atoms with E-state index >= 15 is 0 Å². The fourth-order valence-corrected chi connectivity index (χ4v) is 5.29. The van der Waals surface area contributed by atoms with Crippen molar-refractivity contribution in [1.29, 1.82) is 0 Å². The number of aromatic carboxylic acids is 1. The second-order valence-electron chi connectivity index (χ2n) is 10.0. The Bertz CT molecular complexity index is 941. The number of carbonyl (C=O) groups excluding carboxylic acids is 2. The third-order valence-electron chi connectivity index (χ3n) is 6.29. The smallest absolute Gasteiger partial charge is 0.348 e. The van der Waals surface area contributed by atoms with Gasteiger partial charge in [0.1, 0.15) is 10.9 Å². The Morgan fingerprint density at radius 2 is 1.88 bits per heavy atom. The molecule has 1 N–H and O–H groups in total. The van der Waals surface area contributed by atoms with E-state index < -0.39 is 12.0 Å². The van der Waals surface area contributed by atoms with E-state index in [0.717, 1.165) is 37.0 Å². The summed E-state index contributed by atoms with van der Waals surface area (Å²) < 4.78 is 0. The van der Waals surface area contributed by atoms with Crippen LogP contribution in [0.4, 0.5) is 5.69 Å². The maximum Gasteiger partial charge on any atom is 0.348 e. The molecule has 2 amide bonds. The number of hydrogen-bond acceptors (Lipinski definition) is 4. The lowest BCUT2D eigenvalue weighted by molar-refractivity contribution is -0.132. The summed E-state index contributed by atoms with van der Waals surface area (Å²) in [5.41, 5.74) is 0.0888. The van der Waals surface area contributed by atoms with Gasteiger partial charge in [0, 0.05) is 24.4 Å². The number of carbonyl (C=O) groups is 3. The average molecular weight is 459 g/mol. The quantitative estimate of drug-likeness (QED) is 0.653. The van der Waals surface area contributed by atoms with Crippen LogP contribution in [0.2, 0.25) is 0 Å². The van der Waals surface area contributed by atoms with E-state index in [4.69, 9.17) is 0 Å². The molecule has 0 radical (unpaired) electrons. The summed E-state index contributed by atoms with van der Waals surface area (Å²) in [5.74, 6) is 5.30. The lowest BCUT2D eigenvalue weighted by atomic mass is 9.82. The third kappa shape index (κ3) is 5.35. The minimum Gasteiger partial charge on any atom is -0.477 e. The fourth-order valence-electron chi connectivity index (χ4n) is 4.44. The monoisotopic (exact) mass is 458 g/mol. The van der Waals surface area contributed by atoms with Crippen LogP contribution in [0.1, 0.15) is 81.3 Å². The number of nitrogens with zero attached hydrogens (tertiary/aromatic N) is 2. The first-order chi connectivity index (χ1) is 15.0. The highest BCUT2D eigenvalue weighted by atomic mass is 32.1. The minimum absolute atomic E-state index is 0.0727. The van der Waals surface area contributed by atoms with Crippen LogP contribution >= 0.6 is 11.3 Å². The Kier molecular flexibility index (Phi) is 7.34. The van der Waals surface area contributed by atoms with E-state index in [2.05, 4.69) is 18.8 Å². The number of likely N-dealkylation sites (tertiary alicyclic amines) is 1. The maximum absolute atomic E-state index is 13.8. The molecule has 6 nitrogen and oxygen atoms in total. The number of rotatable bonds is 5. The van der Waals surface area contributed by atoms with Crippen LogP contribution in [-0.4, -0.2) is 46.9 Å². The Hall–Kier alpha value is -2.33. The molecule has 1 aliphatic carbocycles. The predicted molar refractivity (Wildman–Crippen MR) is 127 cm³/mol. The van der Waals surface area contributed by atoms with Crippen LogP contribution in [0.5, 0.6) is 0 Å². The van der Waals surface area contributed by atoms with Crippen LogP contribution in [-0.2, 0) is 9.59 Å². The molecule has 3 rings (SSSR count). The zero-order valence-corrected chi connectivity index (χ0v) is 20.6. The van der Waals surface area contributed by atoms with Gasteiger partial charge in [-0.3, -0.25) is 14.5 Å². The molecule has 0 bridgehead atoms. The molecule has 0 spiro atoms. The van der Waals surface area contributed by atoms with Crippen molar-refractivity contribution in [1.82, 2.24) is 4.90 Å². The van der Waals surface area contributed by atoms with E-state index in [-0.39, 0.29) is 28.0 Å². The molecule has 1 aromatic rings. The second kappa shape index (κ2) is 9.66. The summed E-state index contributed by atoms with van der Waals surface area (Å²) in [7, 11) is 0. The number of thiophene rings is 1. The molecule has 1 saturated heterocycles. The van der Waals surface area contributed by atoms with E-state index in [1.807, 2.05) is 27.7 Å². The summed E-state index contributed by atoms with van der Waals surface area (Å²) >= 11 is 1.08. The Labute approximate surface area is 195 Å². The van der Waals surface area contributed by atoms with Gasteiger partial charge in [0.25, 0.3) is 0 Å². The molecule has 1 aromatic heterocycles. The third-order valence-corrected chi connectivity index (χ3v) is 7.32. The Balaban J connectivity index is 2.05. The van der Waals surface area contributed by atoms with Gasteiger partial charge in [-0.1, -0.05) is 18.8 Å². The number of amides is 2. The van der Waals surface area contributed by atoms with Crippen molar-refractivity contribution in [2.24, 2.45) is 17.3 Å². The number of hydrogen-bond donors (Lipinski definition) is 1. The molecule has 32 heavy (non-hydrogen) atoms. The predicted octanol–water partition coefficient (Wildman–Crippen LogP) is 4.62. The van der Waals surface area contributed by atoms with Crippen LogP contribution < -0.4 is 4.90 Å². The topological polar surface area (TPSA) is 77.9 Å². The van der Waals surface area contributed by atoms with Crippen molar-refractivity contribution < 1.29 is 19.5 Å². The van der Waals surface area contributed by atoms with Gasteiger partial charge in [0.05, 0.1) is 10.6 Å². The fraction of sp³-hybridized carbons (Fsp3) is 0.640. The molecule has 2 aliphatic rings. The highest BCUT2D eigenvalue weighted by molar-refractivity contribution is 7.15. The normalized spacial score (nSPS) is 23.6.